The number of carbonyl (C=O) groups excluding carboxylic acids is 1. The molecule has 10 heteroatoms. The van der Waals surface area contributed by atoms with E-state index in [2.05, 4.69) is 26.1 Å². The molecule has 0 radical (unpaired) electrons. The van der Waals surface area contributed by atoms with Crippen LogP contribution in [0.25, 0.3) is 0 Å². The molecule has 1 unspecified atom stereocenters. The molecule has 0 bridgehead atoms. The summed E-state index contributed by atoms with van der Waals surface area (Å²) in [5.74, 6) is 0.198. The van der Waals surface area contributed by atoms with Crippen LogP contribution >= 0.6 is 0 Å². The number of nitrogens with zero attached hydrogens (tertiary/aromatic N) is 3. The van der Waals surface area contributed by atoms with Crippen LogP contribution in [0.15, 0.2) is 17.2 Å². The average Bonchev–Trinajstić information content (AvgIpc) is 3.44. The lowest BCUT2D eigenvalue weighted by Gasteiger charge is -2.40. The van der Waals surface area contributed by atoms with E-state index in [1.54, 1.807) is 4.68 Å². The normalized spacial score (nSPS) is 21.8. The van der Waals surface area contributed by atoms with Gasteiger partial charge in [-0.3, -0.25) is 4.90 Å². The van der Waals surface area contributed by atoms with Crippen LogP contribution in [0.5, 0.6) is 5.88 Å². The van der Waals surface area contributed by atoms with Gasteiger partial charge in [0.15, 0.2) is 4.90 Å². The monoisotopic (exact) mass is 457 g/mol. The predicted octanol–water partition coefficient (Wildman–Crippen LogP) is 1.84. The highest BCUT2D eigenvalue weighted by Gasteiger charge is 2.34. The van der Waals surface area contributed by atoms with Crippen LogP contribution in [0.4, 0.5) is 10.5 Å². The Morgan fingerprint density at radius 2 is 1.78 bits per heavy atom. The van der Waals surface area contributed by atoms with Crippen LogP contribution in [0.1, 0.15) is 41.5 Å². The van der Waals surface area contributed by atoms with Crippen molar-refractivity contribution in [2.75, 3.05) is 25.0 Å². The summed E-state index contributed by atoms with van der Waals surface area (Å²) in [6, 6.07) is 1.73. The first-order chi connectivity index (χ1) is 15.5. The number of benzene rings is 1. The number of aromatic nitrogens is 2. The van der Waals surface area contributed by atoms with Gasteiger partial charge < -0.3 is 10.1 Å². The number of ether oxygens (including phenoxy) is 1. The Bertz CT molecular complexity index is 1170. The molecule has 1 aromatic heterocycles. The lowest BCUT2D eigenvalue weighted by molar-refractivity contribution is 0.0417. The van der Waals surface area contributed by atoms with Crippen molar-refractivity contribution in [3.8, 4) is 5.88 Å². The number of sulfonamides is 1. The van der Waals surface area contributed by atoms with Gasteiger partial charge in [-0.2, -0.15) is 5.10 Å². The molecule has 2 aromatic rings. The number of rotatable bonds is 4. The van der Waals surface area contributed by atoms with Crippen molar-refractivity contribution in [1.29, 1.82) is 0 Å². The summed E-state index contributed by atoms with van der Waals surface area (Å²) in [5.41, 5.74) is 5.67. The minimum absolute atomic E-state index is 0.0989. The first-order valence-corrected chi connectivity index (χ1v) is 12.9. The first-order valence-electron chi connectivity index (χ1n) is 11.4. The van der Waals surface area contributed by atoms with Gasteiger partial charge in [0.25, 0.3) is 10.0 Å². The molecule has 2 amide bonds. The standard InChI is InChI=1S/C22H27N5O4S/c28-22(24-20-17-6-1-4-14(17)10-15-5-2-7-18(15)20)25-32(29,30)19-11-23-27-12-16(13-31-21(19)27)26-8-3-9-26/h10-11,16H,1-9,12-13H2,(H2,24,25,28). The molecule has 1 fully saturated rings. The van der Waals surface area contributed by atoms with Gasteiger partial charge >= 0.3 is 6.03 Å². The number of fused-ring (bicyclic) bond motifs is 3. The summed E-state index contributed by atoms with van der Waals surface area (Å²) >= 11 is 0. The van der Waals surface area contributed by atoms with Crippen molar-refractivity contribution in [1.82, 2.24) is 19.4 Å². The third-order valence-electron chi connectivity index (χ3n) is 7.19. The summed E-state index contributed by atoms with van der Waals surface area (Å²) in [5, 5.41) is 7.09. The molecule has 2 aliphatic carbocycles. The van der Waals surface area contributed by atoms with Crippen LogP contribution in [-0.2, 0) is 42.3 Å². The highest BCUT2D eigenvalue weighted by Crippen LogP contribution is 2.38. The maximum absolute atomic E-state index is 13.0. The summed E-state index contributed by atoms with van der Waals surface area (Å²) in [6.07, 6.45) is 8.40. The fourth-order valence-corrected chi connectivity index (χ4v) is 6.44. The lowest BCUT2D eigenvalue weighted by atomic mass is 9.99. The van der Waals surface area contributed by atoms with Crippen molar-refractivity contribution < 1.29 is 17.9 Å². The third kappa shape index (κ3) is 3.27. The Balaban J connectivity index is 1.21. The molecule has 4 aliphatic rings. The molecule has 0 saturated carbocycles. The minimum Gasteiger partial charge on any atom is -0.475 e. The van der Waals surface area contributed by atoms with Crippen molar-refractivity contribution in [2.24, 2.45) is 0 Å². The second kappa shape index (κ2) is 7.48. The third-order valence-corrected chi connectivity index (χ3v) is 8.50. The zero-order valence-electron chi connectivity index (χ0n) is 17.9. The van der Waals surface area contributed by atoms with Gasteiger partial charge in [0.05, 0.1) is 18.8 Å². The molecule has 1 atom stereocenters. The largest absolute Gasteiger partial charge is 0.475 e. The molecule has 32 heavy (non-hydrogen) atoms. The molecular weight excluding hydrogens is 430 g/mol. The van der Waals surface area contributed by atoms with E-state index in [1.165, 1.54) is 23.7 Å². The summed E-state index contributed by atoms with van der Waals surface area (Å²) in [7, 11) is -4.12. The zero-order valence-corrected chi connectivity index (χ0v) is 18.7. The number of hydrogen-bond acceptors (Lipinski definition) is 6. The van der Waals surface area contributed by atoms with Crippen molar-refractivity contribution >= 4 is 21.7 Å². The van der Waals surface area contributed by atoms with Crippen molar-refractivity contribution in [3.63, 3.8) is 0 Å². The van der Waals surface area contributed by atoms with E-state index in [-0.39, 0.29) is 16.8 Å². The molecule has 3 heterocycles. The number of likely N-dealkylation sites (tertiary alicyclic amines) is 1. The van der Waals surface area contributed by atoms with Gasteiger partial charge in [0, 0.05) is 5.69 Å². The quantitative estimate of drug-likeness (QED) is 0.726. The first kappa shape index (κ1) is 20.0. The van der Waals surface area contributed by atoms with Crippen molar-refractivity contribution in [2.45, 2.75) is 62.4 Å². The number of amides is 2. The minimum atomic E-state index is -4.12. The zero-order chi connectivity index (χ0) is 21.9. The summed E-state index contributed by atoms with van der Waals surface area (Å²) < 4.78 is 35.5. The second-order valence-corrected chi connectivity index (χ2v) is 10.8. The number of hydrogen-bond donors (Lipinski definition) is 2. The Kier molecular flexibility index (Phi) is 4.69. The number of aryl methyl sites for hydroxylation is 2. The number of nitrogens with one attached hydrogen (secondary N) is 2. The van der Waals surface area contributed by atoms with Gasteiger partial charge in [-0.25, -0.2) is 22.6 Å². The van der Waals surface area contributed by atoms with E-state index in [1.807, 2.05) is 0 Å². The Morgan fingerprint density at radius 3 is 2.44 bits per heavy atom. The van der Waals surface area contributed by atoms with E-state index in [0.717, 1.165) is 68.4 Å². The smallest absolute Gasteiger partial charge is 0.333 e. The van der Waals surface area contributed by atoms with E-state index in [0.29, 0.717) is 13.2 Å². The molecule has 1 aromatic carbocycles. The topological polar surface area (TPSA) is 106 Å². The van der Waals surface area contributed by atoms with Crippen LogP contribution < -0.4 is 14.8 Å². The van der Waals surface area contributed by atoms with E-state index in [9.17, 15) is 13.2 Å². The van der Waals surface area contributed by atoms with Crippen molar-refractivity contribution in [3.05, 3.63) is 34.5 Å². The molecule has 2 N–H and O–H groups in total. The molecule has 2 aliphatic heterocycles. The molecular formula is C22H27N5O4S. The van der Waals surface area contributed by atoms with Crippen LogP contribution in [0.3, 0.4) is 0 Å². The molecule has 170 valence electrons. The second-order valence-electron chi connectivity index (χ2n) is 9.14. The van der Waals surface area contributed by atoms with E-state index < -0.39 is 16.1 Å². The Labute approximate surface area is 187 Å². The lowest BCUT2D eigenvalue weighted by Crippen LogP contribution is -2.51. The Hall–Kier alpha value is -2.59. The fraction of sp³-hybridized carbons (Fsp3) is 0.545. The summed E-state index contributed by atoms with van der Waals surface area (Å²) in [6.45, 7) is 3.07. The van der Waals surface area contributed by atoms with Crippen LogP contribution in [0, 0.1) is 0 Å². The van der Waals surface area contributed by atoms with Crippen LogP contribution in [-0.4, -0.2) is 54.9 Å². The van der Waals surface area contributed by atoms with E-state index >= 15 is 0 Å². The van der Waals surface area contributed by atoms with E-state index in [4.69, 9.17) is 4.74 Å². The average molecular weight is 458 g/mol. The van der Waals surface area contributed by atoms with Gasteiger partial charge in [0.2, 0.25) is 5.88 Å². The highest BCUT2D eigenvalue weighted by molar-refractivity contribution is 7.90. The van der Waals surface area contributed by atoms with Crippen LogP contribution in [0.2, 0.25) is 0 Å². The maximum atomic E-state index is 13.0. The molecule has 9 nitrogen and oxygen atoms in total. The number of urea groups is 1. The fourth-order valence-electron chi connectivity index (χ4n) is 5.45. The summed E-state index contributed by atoms with van der Waals surface area (Å²) in [4.78, 5) is 15.0. The predicted molar refractivity (Wildman–Crippen MR) is 118 cm³/mol. The van der Waals surface area contributed by atoms with Gasteiger partial charge in [-0.1, -0.05) is 6.07 Å². The molecule has 6 rings (SSSR count). The Morgan fingerprint density at radius 1 is 1.06 bits per heavy atom. The molecule has 0 spiro atoms. The number of carbonyl (C=O) groups is 1. The maximum Gasteiger partial charge on any atom is 0.333 e. The van der Waals surface area contributed by atoms with Gasteiger partial charge in [0.1, 0.15) is 6.61 Å². The molecule has 1 saturated heterocycles. The van der Waals surface area contributed by atoms with Gasteiger partial charge in [-0.05, 0) is 80.3 Å². The highest BCUT2D eigenvalue weighted by atomic mass is 32.2. The SMILES string of the molecule is O=C(Nc1c2c(cc3c1CCC3)CCC2)NS(=O)(=O)c1cnn2c1OCC(N1CCC1)C2. The number of anilines is 1. The van der Waals surface area contributed by atoms with Gasteiger partial charge in [-0.15, -0.1) is 0 Å².